The van der Waals surface area contributed by atoms with Crippen LogP contribution in [0.1, 0.15) is 12.0 Å². The summed E-state index contributed by atoms with van der Waals surface area (Å²) in [7, 11) is 0. The van der Waals surface area contributed by atoms with Crippen LogP contribution in [-0.4, -0.2) is 18.6 Å². The Labute approximate surface area is 88.5 Å². The minimum atomic E-state index is -1.35. The van der Waals surface area contributed by atoms with Crippen LogP contribution in [0, 0.1) is 5.92 Å². The zero-order chi connectivity index (χ0) is 10.7. The van der Waals surface area contributed by atoms with Crippen LogP contribution in [0.3, 0.4) is 0 Å². The zero-order valence-corrected chi connectivity index (χ0v) is 8.45. The highest BCUT2D eigenvalue weighted by molar-refractivity contribution is 5.81. The summed E-state index contributed by atoms with van der Waals surface area (Å²) in [6, 6.07) is 9.75. The summed E-state index contributed by atoms with van der Waals surface area (Å²) in [4.78, 5) is 11.1. The SMILES string of the molecule is O=C1NCC[C@@H](Cc2ccccc2)[C@@H]1F. The minimum absolute atomic E-state index is 0.166. The van der Waals surface area contributed by atoms with Crippen molar-refractivity contribution >= 4 is 5.91 Å². The number of nitrogens with one attached hydrogen (secondary N) is 1. The van der Waals surface area contributed by atoms with E-state index in [0.717, 1.165) is 12.0 Å². The van der Waals surface area contributed by atoms with Gasteiger partial charge in [0.15, 0.2) is 6.17 Å². The smallest absolute Gasteiger partial charge is 0.254 e. The first-order valence-electron chi connectivity index (χ1n) is 5.23. The molecule has 3 heteroatoms. The fourth-order valence-electron chi connectivity index (χ4n) is 1.96. The molecule has 15 heavy (non-hydrogen) atoms. The molecule has 0 radical (unpaired) electrons. The molecule has 80 valence electrons. The average Bonchev–Trinajstić information content (AvgIpc) is 2.26. The van der Waals surface area contributed by atoms with Gasteiger partial charge in [0.2, 0.25) is 0 Å². The van der Waals surface area contributed by atoms with E-state index >= 15 is 0 Å². The summed E-state index contributed by atoms with van der Waals surface area (Å²) in [5.41, 5.74) is 1.10. The van der Waals surface area contributed by atoms with E-state index in [2.05, 4.69) is 5.32 Å². The summed E-state index contributed by atoms with van der Waals surface area (Å²) in [5, 5.41) is 2.53. The van der Waals surface area contributed by atoms with E-state index in [4.69, 9.17) is 0 Å². The van der Waals surface area contributed by atoms with Crippen LogP contribution in [0.25, 0.3) is 0 Å². The summed E-state index contributed by atoms with van der Waals surface area (Å²) in [6.07, 6.45) is 0.0241. The number of benzene rings is 1. The summed E-state index contributed by atoms with van der Waals surface area (Å²) >= 11 is 0. The lowest BCUT2D eigenvalue weighted by Gasteiger charge is -2.25. The molecule has 1 amide bonds. The second kappa shape index (κ2) is 4.43. The number of halogens is 1. The molecular formula is C12H14FNO. The Kier molecular flexibility index (Phi) is 2.99. The third-order valence-electron chi connectivity index (χ3n) is 2.82. The lowest BCUT2D eigenvalue weighted by atomic mass is 9.89. The second-order valence-corrected chi connectivity index (χ2v) is 3.93. The number of piperidine rings is 1. The normalized spacial score (nSPS) is 26.1. The van der Waals surface area contributed by atoms with Crippen molar-refractivity contribution in [1.82, 2.24) is 5.32 Å². The van der Waals surface area contributed by atoms with Crippen LogP contribution >= 0.6 is 0 Å². The third kappa shape index (κ3) is 2.35. The molecule has 1 aromatic carbocycles. The average molecular weight is 207 g/mol. The van der Waals surface area contributed by atoms with Gasteiger partial charge in [0.05, 0.1) is 0 Å². The van der Waals surface area contributed by atoms with Crippen molar-refractivity contribution < 1.29 is 9.18 Å². The summed E-state index contributed by atoms with van der Waals surface area (Å²) in [6.45, 7) is 0.594. The monoisotopic (exact) mass is 207 g/mol. The van der Waals surface area contributed by atoms with E-state index in [9.17, 15) is 9.18 Å². The molecule has 0 unspecified atom stereocenters. The molecule has 1 aliphatic rings. The molecule has 1 aliphatic heterocycles. The van der Waals surface area contributed by atoms with Gasteiger partial charge >= 0.3 is 0 Å². The van der Waals surface area contributed by atoms with Crippen molar-refractivity contribution in [2.24, 2.45) is 5.92 Å². The predicted octanol–water partition coefficient (Wildman–Crippen LogP) is 1.70. The van der Waals surface area contributed by atoms with Crippen molar-refractivity contribution in [3.05, 3.63) is 35.9 Å². The topological polar surface area (TPSA) is 29.1 Å². The molecule has 0 saturated carbocycles. The van der Waals surface area contributed by atoms with E-state index in [-0.39, 0.29) is 5.92 Å². The Hall–Kier alpha value is -1.38. The fourth-order valence-corrected chi connectivity index (χ4v) is 1.96. The Morgan fingerprint density at radius 1 is 1.33 bits per heavy atom. The van der Waals surface area contributed by atoms with E-state index < -0.39 is 12.1 Å². The van der Waals surface area contributed by atoms with Gasteiger partial charge in [-0.15, -0.1) is 0 Å². The number of hydrogen-bond acceptors (Lipinski definition) is 1. The van der Waals surface area contributed by atoms with Crippen LogP contribution in [-0.2, 0) is 11.2 Å². The number of hydrogen-bond donors (Lipinski definition) is 1. The lowest BCUT2D eigenvalue weighted by molar-refractivity contribution is -0.129. The first-order chi connectivity index (χ1) is 7.27. The van der Waals surface area contributed by atoms with E-state index in [1.807, 2.05) is 30.3 Å². The summed E-state index contributed by atoms with van der Waals surface area (Å²) < 4.78 is 13.5. The number of carbonyl (C=O) groups excluding carboxylic acids is 1. The Balaban J connectivity index is 2.02. The molecule has 0 aromatic heterocycles. The molecule has 1 saturated heterocycles. The zero-order valence-electron chi connectivity index (χ0n) is 8.45. The van der Waals surface area contributed by atoms with E-state index in [0.29, 0.717) is 13.0 Å². The van der Waals surface area contributed by atoms with E-state index in [1.54, 1.807) is 0 Å². The van der Waals surface area contributed by atoms with Crippen molar-refractivity contribution in [3.8, 4) is 0 Å². The number of amides is 1. The van der Waals surface area contributed by atoms with Crippen molar-refractivity contribution in [1.29, 1.82) is 0 Å². The van der Waals surface area contributed by atoms with Crippen molar-refractivity contribution in [2.45, 2.75) is 19.0 Å². The van der Waals surface area contributed by atoms with Crippen molar-refractivity contribution in [2.75, 3.05) is 6.54 Å². The standard InChI is InChI=1S/C12H14FNO/c13-11-10(6-7-14-12(11)15)8-9-4-2-1-3-5-9/h1-5,10-11H,6-8H2,(H,14,15)/t10-,11-/m0/s1. The van der Waals surface area contributed by atoms with Gasteiger partial charge in [0, 0.05) is 12.5 Å². The number of carbonyl (C=O) groups is 1. The van der Waals surface area contributed by atoms with Gasteiger partial charge in [-0.25, -0.2) is 4.39 Å². The first kappa shape index (κ1) is 10.1. The molecular weight excluding hydrogens is 193 g/mol. The van der Waals surface area contributed by atoms with Crippen LogP contribution in [0.5, 0.6) is 0 Å². The van der Waals surface area contributed by atoms with Crippen molar-refractivity contribution in [3.63, 3.8) is 0 Å². The van der Waals surface area contributed by atoms with Crippen LogP contribution < -0.4 is 5.32 Å². The molecule has 1 N–H and O–H groups in total. The van der Waals surface area contributed by atoms with Gasteiger partial charge in [-0.05, 0) is 18.4 Å². The van der Waals surface area contributed by atoms with Gasteiger partial charge in [-0.2, -0.15) is 0 Å². The Bertz CT molecular complexity index is 339. The summed E-state index contributed by atoms with van der Waals surface area (Å²) in [5.74, 6) is -0.622. The number of alkyl halides is 1. The van der Waals surface area contributed by atoms with Gasteiger partial charge in [-0.1, -0.05) is 30.3 Å². The minimum Gasteiger partial charge on any atom is -0.354 e. The maximum Gasteiger partial charge on any atom is 0.254 e. The predicted molar refractivity (Wildman–Crippen MR) is 56.2 cm³/mol. The fraction of sp³-hybridized carbons (Fsp3) is 0.417. The largest absolute Gasteiger partial charge is 0.354 e. The van der Waals surface area contributed by atoms with Gasteiger partial charge in [-0.3, -0.25) is 4.79 Å². The third-order valence-corrected chi connectivity index (χ3v) is 2.82. The van der Waals surface area contributed by atoms with Gasteiger partial charge < -0.3 is 5.32 Å². The highest BCUT2D eigenvalue weighted by Gasteiger charge is 2.31. The second-order valence-electron chi connectivity index (χ2n) is 3.93. The maximum atomic E-state index is 13.5. The maximum absolute atomic E-state index is 13.5. The van der Waals surface area contributed by atoms with E-state index in [1.165, 1.54) is 0 Å². The molecule has 1 fully saturated rings. The van der Waals surface area contributed by atoms with Crippen LogP contribution in [0.4, 0.5) is 4.39 Å². The highest BCUT2D eigenvalue weighted by atomic mass is 19.1. The molecule has 0 spiro atoms. The molecule has 0 aliphatic carbocycles. The Morgan fingerprint density at radius 2 is 2.07 bits per heavy atom. The van der Waals surface area contributed by atoms with Crippen LogP contribution in [0.2, 0.25) is 0 Å². The van der Waals surface area contributed by atoms with Gasteiger partial charge in [0.25, 0.3) is 5.91 Å². The van der Waals surface area contributed by atoms with Gasteiger partial charge in [0.1, 0.15) is 0 Å². The number of rotatable bonds is 2. The van der Waals surface area contributed by atoms with Crippen LogP contribution in [0.15, 0.2) is 30.3 Å². The molecule has 1 aromatic rings. The first-order valence-corrected chi connectivity index (χ1v) is 5.23. The molecule has 2 nitrogen and oxygen atoms in total. The Morgan fingerprint density at radius 3 is 2.80 bits per heavy atom. The molecule has 0 bridgehead atoms. The lowest BCUT2D eigenvalue weighted by Crippen LogP contribution is -2.44. The highest BCUT2D eigenvalue weighted by Crippen LogP contribution is 2.21. The molecule has 2 rings (SSSR count). The quantitative estimate of drug-likeness (QED) is 0.785. The molecule has 1 heterocycles. The molecule has 2 atom stereocenters.